The van der Waals surface area contributed by atoms with Crippen LogP contribution in [-0.4, -0.2) is 24.5 Å². The highest BCUT2D eigenvalue weighted by molar-refractivity contribution is 5.15. The molecule has 1 nitrogen and oxygen atoms in total. The Kier molecular flexibility index (Phi) is 1.89. The highest BCUT2D eigenvalue weighted by Crippen LogP contribution is 2.65. The standard InChI is InChI=1S/C14H25N/c1-13(2)12-6-10-5-11(7-12)9-14(13,8-10)15(3)4/h10-12H,5-9H2,1-4H3/t10-,11+,12?,14?. The molecule has 0 amide bonds. The number of rotatable bonds is 1. The second kappa shape index (κ2) is 2.80. The van der Waals surface area contributed by atoms with Crippen LogP contribution in [-0.2, 0) is 0 Å². The maximum absolute atomic E-state index is 2.57. The van der Waals surface area contributed by atoms with E-state index in [4.69, 9.17) is 0 Å². The molecule has 4 rings (SSSR count). The zero-order valence-electron chi connectivity index (χ0n) is 10.7. The third kappa shape index (κ3) is 1.08. The normalized spacial score (nSPS) is 51.4. The van der Waals surface area contributed by atoms with Crippen LogP contribution in [0.2, 0.25) is 0 Å². The van der Waals surface area contributed by atoms with E-state index in [2.05, 4.69) is 32.8 Å². The Bertz CT molecular complexity index is 265. The summed E-state index contributed by atoms with van der Waals surface area (Å²) in [6, 6.07) is 0. The average molecular weight is 207 g/mol. The van der Waals surface area contributed by atoms with Crippen molar-refractivity contribution in [1.82, 2.24) is 4.90 Å². The molecule has 0 aromatic rings. The van der Waals surface area contributed by atoms with Gasteiger partial charge >= 0.3 is 0 Å². The van der Waals surface area contributed by atoms with Gasteiger partial charge in [-0.1, -0.05) is 13.8 Å². The van der Waals surface area contributed by atoms with E-state index in [1.54, 1.807) is 6.42 Å². The molecule has 2 unspecified atom stereocenters. The maximum atomic E-state index is 2.57. The van der Waals surface area contributed by atoms with Crippen molar-refractivity contribution in [3.8, 4) is 0 Å². The fourth-order valence-corrected chi connectivity index (χ4v) is 5.37. The summed E-state index contributed by atoms with van der Waals surface area (Å²) in [5, 5.41) is 0. The van der Waals surface area contributed by atoms with Crippen molar-refractivity contribution in [2.45, 2.75) is 51.5 Å². The maximum Gasteiger partial charge on any atom is 0.0262 e. The Balaban J connectivity index is 2.05. The summed E-state index contributed by atoms with van der Waals surface area (Å²) in [6.45, 7) is 5.07. The summed E-state index contributed by atoms with van der Waals surface area (Å²) in [4.78, 5) is 2.57. The van der Waals surface area contributed by atoms with E-state index in [0.29, 0.717) is 11.0 Å². The van der Waals surface area contributed by atoms with Gasteiger partial charge in [0.05, 0.1) is 0 Å². The lowest BCUT2D eigenvalue weighted by molar-refractivity contribution is -0.166. The van der Waals surface area contributed by atoms with Crippen LogP contribution in [0.15, 0.2) is 0 Å². The van der Waals surface area contributed by atoms with Crippen LogP contribution in [0.5, 0.6) is 0 Å². The molecular formula is C14H25N. The molecule has 4 saturated carbocycles. The van der Waals surface area contributed by atoms with Gasteiger partial charge in [-0.25, -0.2) is 0 Å². The van der Waals surface area contributed by atoms with E-state index in [1.165, 1.54) is 25.7 Å². The summed E-state index contributed by atoms with van der Waals surface area (Å²) in [6.07, 6.45) is 7.54. The second-order valence-electron chi connectivity index (χ2n) is 7.19. The van der Waals surface area contributed by atoms with Crippen molar-refractivity contribution < 1.29 is 0 Å². The van der Waals surface area contributed by atoms with Gasteiger partial charge in [0.1, 0.15) is 0 Å². The van der Waals surface area contributed by atoms with Gasteiger partial charge in [-0.3, -0.25) is 0 Å². The highest BCUT2D eigenvalue weighted by Gasteiger charge is 2.61. The molecule has 0 N–H and O–H groups in total. The summed E-state index contributed by atoms with van der Waals surface area (Å²) < 4.78 is 0. The van der Waals surface area contributed by atoms with Crippen molar-refractivity contribution in [3.63, 3.8) is 0 Å². The molecule has 86 valence electrons. The van der Waals surface area contributed by atoms with Crippen LogP contribution < -0.4 is 0 Å². The van der Waals surface area contributed by atoms with Gasteiger partial charge in [-0.05, 0) is 69.4 Å². The molecule has 4 aliphatic carbocycles. The SMILES string of the molecule is CN(C)C12C[C@@H]3CC(C[C@@H](C3)C1)C2(C)C. The molecular weight excluding hydrogens is 182 g/mol. The zero-order chi connectivity index (χ0) is 10.8. The lowest BCUT2D eigenvalue weighted by atomic mass is 9.42. The predicted octanol–water partition coefficient (Wildman–Crippen LogP) is 3.15. The third-order valence-corrected chi connectivity index (χ3v) is 6.23. The van der Waals surface area contributed by atoms with Crippen molar-refractivity contribution in [3.05, 3.63) is 0 Å². The first kappa shape index (κ1) is 10.1. The minimum Gasteiger partial charge on any atom is -0.303 e. The van der Waals surface area contributed by atoms with E-state index in [-0.39, 0.29) is 0 Å². The minimum absolute atomic E-state index is 0.530. The number of nitrogens with zero attached hydrogens (tertiary/aromatic N) is 1. The fraction of sp³-hybridized carbons (Fsp3) is 1.00. The molecule has 4 bridgehead atoms. The van der Waals surface area contributed by atoms with Crippen LogP contribution in [0.1, 0.15) is 46.0 Å². The van der Waals surface area contributed by atoms with E-state index < -0.39 is 0 Å². The largest absolute Gasteiger partial charge is 0.303 e. The number of hydrogen-bond acceptors (Lipinski definition) is 1. The van der Waals surface area contributed by atoms with Crippen LogP contribution in [0.3, 0.4) is 0 Å². The summed E-state index contributed by atoms with van der Waals surface area (Å²) >= 11 is 0. The smallest absolute Gasteiger partial charge is 0.0262 e. The molecule has 1 heteroatoms. The molecule has 0 radical (unpaired) electrons. The third-order valence-electron chi connectivity index (χ3n) is 6.23. The van der Waals surface area contributed by atoms with Gasteiger partial charge in [-0.2, -0.15) is 0 Å². The van der Waals surface area contributed by atoms with E-state index in [1.807, 2.05) is 0 Å². The Morgan fingerprint density at radius 3 is 1.93 bits per heavy atom. The first-order chi connectivity index (χ1) is 6.96. The van der Waals surface area contributed by atoms with E-state index in [0.717, 1.165) is 17.8 Å². The molecule has 0 heterocycles. The lowest BCUT2D eigenvalue weighted by Crippen LogP contribution is -2.67. The van der Waals surface area contributed by atoms with Crippen LogP contribution in [0.4, 0.5) is 0 Å². The molecule has 0 spiro atoms. The van der Waals surface area contributed by atoms with E-state index in [9.17, 15) is 0 Å². The Labute approximate surface area is 94.2 Å². The molecule has 0 aliphatic heterocycles. The van der Waals surface area contributed by atoms with Crippen molar-refractivity contribution in [2.24, 2.45) is 23.2 Å². The summed E-state index contributed by atoms with van der Waals surface area (Å²) in [5.41, 5.74) is 1.08. The molecule has 0 aromatic carbocycles. The van der Waals surface area contributed by atoms with Crippen molar-refractivity contribution >= 4 is 0 Å². The molecule has 0 saturated heterocycles. The van der Waals surface area contributed by atoms with Gasteiger partial charge in [0.15, 0.2) is 0 Å². The van der Waals surface area contributed by atoms with Gasteiger partial charge in [0.2, 0.25) is 0 Å². The topological polar surface area (TPSA) is 3.24 Å². The Morgan fingerprint density at radius 2 is 1.47 bits per heavy atom. The summed E-state index contributed by atoms with van der Waals surface area (Å²) in [5.74, 6) is 3.11. The van der Waals surface area contributed by atoms with Gasteiger partial charge in [0, 0.05) is 5.54 Å². The molecule has 4 aliphatic rings. The first-order valence-corrected chi connectivity index (χ1v) is 6.63. The minimum atomic E-state index is 0.530. The van der Waals surface area contributed by atoms with Crippen LogP contribution in [0.25, 0.3) is 0 Å². The van der Waals surface area contributed by atoms with E-state index >= 15 is 0 Å². The van der Waals surface area contributed by atoms with Crippen LogP contribution >= 0.6 is 0 Å². The van der Waals surface area contributed by atoms with Crippen LogP contribution in [0, 0.1) is 23.2 Å². The molecule has 4 atom stereocenters. The van der Waals surface area contributed by atoms with Crippen molar-refractivity contribution in [2.75, 3.05) is 14.1 Å². The van der Waals surface area contributed by atoms with Gasteiger partial charge in [-0.15, -0.1) is 0 Å². The quantitative estimate of drug-likeness (QED) is 0.638. The van der Waals surface area contributed by atoms with Gasteiger partial charge in [0.25, 0.3) is 0 Å². The highest BCUT2D eigenvalue weighted by atomic mass is 15.2. The Morgan fingerprint density at radius 1 is 0.933 bits per heavy atom. The first-order valence-electron chi connectivity index (χ1n) is 6.63. The lowest BCUT2D eigenvalue weighted by Gasteiger charge is -2.68. The Hall–Kier alpha value is -0.0400. The summed E-state index contributed by atoms with van der Waals surface area (Å²) in [7, 11) is 4.63. The molecule has 15 heavy (non-hydrogen) atoms. The second-order valence-corrected chi connectivity index (χ2v) is 7.19. The predicted molar refractivity (Wildman–Crippen MR) is 63.8 cm³/mol. The fourth-order valence-electron chi connectivity index (χ4n) is 5.37. The van der Waals surface area contributed by atoms with Crippen molar-refractivity contribution in [1.29, 1.82) is 0 Å². The van der Waals surface area contributed by atoms with Gasteiger partial charge < -0.3 is 4.90 Å². The molecule has 0 aromatic heterocycles. The number of hydrogen-bond donors (Lipinski definition) is 0. The zero-order valence-corrected chi connectivity index (χ0v) is 10.7. The average Bonchev–Trinajstić information content (AvgIpc) is 2.13. The monoisotopic (exact) mass is 207 g/mol. The molecule has 4 fully saturated rings.